The highest BCUT2D eigenvalue weighted by Gasteiger charge is 2.14. The molecule has 6 heteroatoms. The van der Waals surface area contributed by atoms with Crippen LogP contribution in [-0.2, 0) is 10.0 Å². The highest BCUT2D eigenvalue weighted by molar-refractivity contribution is 7.89. The van der Waals surface area contributed by atoms with Crippen LogP contribution in [0.2, 0.25) is 0 Å². The molecule has 0 aliphatic heterocycles. The van der Waals surface area contributed by atoms with Crippen LogP contribution in [0.3, 0.4) is 0 Å². The van der Waals surface area contributed by atoms with Gasteiger partial charge in [-0.05, 0) is 23.8 Å². The highest BCUT2D eigenvalue weighted by Crippen LogP contribution is 2.26. The van der Waals surface area contributed by atoms with Crippen LogP contribution in [0.15, 0.2) is 53.4 Å². The van der Waals surface area contributed by atoms with E-state index in [1.165, 1.54) is 30.3 Å². The van der Waals surface area contributed by atoms with E-state index < -0.39 is 10.0 Å². The van der Waals surface area contributed by atoms with Gasteiger partial charge in [0.2, 0.25) is 10.0 Å². The first-order chi connectivity index (χ1) is 7.98. The molecule has 0 saturated carbocycles. The molecule has 0 fully saturated rings. The molecule has 18 heavy (non-hydrogen) atoms. The molecule has 2 aromatic carbocycles. The number of hydrogen-bond acceptors (Lipinski definition) is 2. The molecule has 2 aromatic rings. The van der Waals surface area contributed by atoms with Gasteiger partial charge in [0.05, 0.1) is 4.90 Å². The lowest BCUT2D eigenvalue weighted by molar-refractivity contribution is 0.598. The molecule has 0 aliphatic rings. The van der Waals surface area contributed by atoms with Crippen molar-refractivity contribution in [3.63, 3.8) is 0 Å². The maximum atomic E-state index is 12.8. The molecule has 0 heterocycles. The van der Waals surface area contributed by atoms with Crippen LogP contribution in [0.1, 0.15) is 0 Å². The van der Waals surface area contributed by atoms with Crippen LogP contribution in [0.5, 0.6) is 0 Å². The normalized spacial score (nSPS) is 10.8. The van der Waals surface area contributed by atoms with Crippen molar-refractivity contribution in [3.05, 3.63) is 54.3 Å². The fourth-order valence-electron chi connectivity index (χ4n) is 1.58. The Morgan fingerprint density at radius 2 is 1.50 bits per heavy atom. The van der Waals surface area contributed by atoms with Crippen LogP contribution >= 0.6 is 12.4 Å². The molecule has 0 saturated heterocycles. The Kier molecular flexibility index (Phi) is 4.45. The second-order valence-corrected chi connectivity index (χ2v) is 5.08. The third-order valence-electron chi connectivity index (χ3n) is 2.35. The summed E-state index contributed by atoms with van der Waals surface area (Å²) in [6.45, 7) is 0. The van der Waals surface area contributed by atoms with Crippen molar-refractivity contribution >= 4 is 22.4 Å². The molecule has 96 valence electrons. The Labute approximate surface area is 111 Å². The molecule has 0 bridgehead atoms. The summed E-state index contributed by atoms with van der Waals surface area (Å²) in [6.07, 6.45) is 0. The van der Waals surface area contributed by atoms with Crippen LogP contribution < -0.4 is 5.14 Å². The molecular formula is C12H11ClFNO2S. The van der Waals surface area contributed by atoms with E-state index >= 15 is 0 Å². The minimum Gasteiger partial charge on any atom is -0.225 e. The van der Waals surface area contributed by atoms with Crippen LogP contribution in [0, 0.1) is 5.82 Å². The lowest BCUT2D eigenvalue weighted by Crippen LogP contribution is -2.13. The zero-order valence-corrected chi connectivity index (χ0v) is 10.8. The Hall–Kier alpha value is -1.43. The lowest BCUT2D eigenvalue weighted by Gasteiger charge is -2.07. The van der Waals surface area contributed by atoms with Gasteiger partial charge in [-0.3, -0.25) is 0 Å². The number of halogens is 2. The summed E-state index contributed by atoms with van der Waals surface area (Å²) in [6, 6.07) is 11.9. The van der Waals surface area contributed by atoms with Gasteiger partial charge in [0, 0.05) is 5.56 Å². The second-order valence-electron chi connectivity index (χ2n) is 3.55. The van der Waals surface area contributed by atoms with Crippen molar-refractivity contribution in [3.8, 4) is 11.1 Å². The standard InChI is InChI=1S/C12H10FNO2S.ClH/c13-10-7-5-9(6-8-10)11-3-1-2-4-12(11)17(14,15)16;/h1-8H,(H2,14,15,16);1H. The van der Waals surface area contributed by atoms with E-state index in [9.17, 15) is 12.8 Å². The first kappa shape index (κ1) is 14.6. The number of nitrogens with two attached hydrogens (primary N) is 1. The average Bonchev–Trinajstić information content (AvgIpc) is 2.29. The van der Waals surface area contributed by atoms with Gasteiger partial charge >= 0.3 is 0 Å². The van der Waals surface area contributed by atoms with Gasteiger partial charge in [0.1, 0.15) is 5.82 Å². The number of primary sulfonamides is 1. The zero-order chi connectivity index (χ0) is 12.5. The van der Waals surface area contributed by atoms with Gasteiger partial charge < -0.3 is 0 Å². The van der Waals surface area contributed by atoms with Gasteiger partial charge in [-0.25, -0.2) is 17.9 Å². The molecule has 2 N–H and O–H groups in total. The summed E-state index contributed by atoms with van der Waals surface area (Å²) >= 11 is 0. The number of hydrogen-bond donors (Lipinski definition) is 1. The van der Waals surface area contributed by atoms with Crippen molar-refractivity contribution in [1.29, 1.82) is 0 Å². The Morgan fingerprint density at radius 1 is 0.944 bits per heavy atom. The molecule has 0 aromatic heterocycles. The van der Waals surface area contributed by atoms with E-state index in [4.69, 9.17) is 5.14 Å². The van der Waals surface area contributed by atoms with Gasteiger partial charge in [0.25, 0.3) is 0 Å². The van der Waals surface area contributed by atoms with E-state index in [0.717, 1.165) is 0 Å². The maximum Gasteiger partial charge on any atom is 0.238 e. The van der Waals surface area contributed by atoms with E-state index in [2.05, 4.69) is 0 Å². The highest BCUT2D eigenvalue weighted by atomic mass is 35.5. The zero-order valence-electron chi connectivity index (χ0n) is 9.21. The molecule has 3 nitrogen and oxygen atoms in total. The average molecular weight is 288 g/mol. The van der Waals surface area contributed by atoms with Crippen molar-refractivity contribution in [2.75, 3.05) is 0 Å². The van der Waals surface area contributed by atoms with Crippen LogP contribution in [0.4, 0.5) is 4.39 Å². The minimum atomic E-state index is -3.79. The third-order valence-corrected chi connectivity index (χ3v) is 3.32. The van der Waals surface area contributed by atoms with Crippen molar-refractivity contribution in [1.82, 2.24) is 0 Å². The SMILES string of the molecule is Cl.NS(=O)(=O)c1ccccc1-c1ccc(F)cc1. The second kappa shape index (κ2) is 5.48. The summed E-state index contributed by atoms with van der Waals surface area (Å²) in [7, 11) is -3.79. The van der Waals surface area contributed by atoms with Gasteiger partial charge in [-0.2, -0.15) is 0 Å². The maximum absolute atomic E-state index is 12.8. The van der Waals surface area contributed by atoms with Crippen LogP contribution in [-0.4, -0.2) is 8.42 Å². The van der Waals surface area contributed by atoms with E-state index in [-0.39, 0.29) is 23.1 Å². The smallest absolute Gasteiger partial charge is 0.225 e. The van der Waals surface area contributed by atoms with Crippen molar-refractivity contribution in [2.45, 2.75) is 4.90 Å². The van der Waals surface area contributed by atoms with Gasteiger partial charge in [-0.1, -0.05) is 30.3 Å². The van der Waals surface area contributed by atoms with Gasteiger partial charge in [0.15, 0.2) is 0 Å². The molecule has 0 amide bonds. The van der Waals surface area contributed by atoms with Crippen LogP contribution in [0.25, 0.3) is 11.1 Å². The fraction of sp³-hybridized carbons (Fsp3) is 0. The third kappa shape index (κ3) is 3.07. The number of rotatable bonds is 2. The first-order valence-corrected chi connectivity index (χ1v) is 6.41. The monoisotopic (exact) mass is 287 g/mol. The summed E-state index contributed by atoms with van der Waals surface area (Å²) in [5.74, 6) is -0.373. The summed E-state index contributed by atoms with van der Waals surface area (Å²) in [4.78, 5) is 0.0339. The number of sulfonamides is 1. The fourth-order valence-corrected chi connectivity index (χ4v) is 2.34. The quantitative estimate of drug-likeness (QED) is 0.923. The molecule has 0 atom stereocenters. The largest absolute Gasteiger partial charge is 0.238 e. The predicted octanol–water partition coefficient (Wildman–Crippen LogP) is 2.56. The predicted molar refractivity (Wildman–Crippen MR) is 70.5 cm³/mol. The topological polar surface area (TPSA) is 60.2 Å². The van der Waals surface area contributed by atoms with E-state index in [1.54, 1.807) is 18.2 Å². The Bertz CT molecular complexity index is 641. The van der Waals surface area contributed by atoms with E-state index in [1.807, 2.05) is 0 Å². The minimum absolute atomic E-state index is 0. The summed E-state index contributed by atoms with van der Waals surface area (Å²) in [5.41, 5.74) is 1.08. The Balaban J connectivity index is 0.00000162. The van der Waals surface area contributed by atoms with Crippen molar-refractivity contribution in [2.24, 2.45) is 5.14 Å². The van der Waals surface area contributed by atoms with Gasteiger partial charge in [-0.15, -0.1) is 12.4 Å². The first-order valence-electron chi connectivity index (χ1n) is 4.86. The molecule has 2 rings (SSSR count). The van der Waals surface area contributed by atoms with E-state index in [0.29, 0.717) is 11.1 Å². The lowest BCUT2D eigenvalue weighted by atomic mass is 10.1. The molecule has 0 spiro atoms. The number of benzene rings is 2. The Morgan fingerprint density at radius 3 is 2.06 bits per heavy atom. The van der Waals surface area contributed by atoms with Crippen molar-refractivity contribution < 1.29 is 12.8 Å². The molecule has 0 radical (unpaired) electrons. The molecule has 0 unspecified atom stereocenters. The molecular weight excluding hydrogens is 277 g/mol. The summed E-state index contributed by atoms with van der Waals surface area (Å²) < 4.78 is 35.6. The summed E-state index contributed by atoms with van der Waals surface area (Å²) in [5, 5.41) is 5.12. The molecule has 0 aliphatic carbocycles.